The third-order valence-corrected chi connectivity index (χ3v) is 4.26. The van der Waals surface area contributed by atoms with Gasteiger partial charge in [0.1, 0.15) is 5.82 Å². The first kappa shape index (κ1) is 14.9. The highest BCUT2D eigenvalue weighted by atomic mass is 35.5. The van der Waals surface area contributed by atoms with Crippen molar-refractivity contribution in [1.82, 2.24) is 0 Å². The second kappa shape index (κ2) is 6.29. The highest BCUT2D eigenvalue weighted by Crippen LogP contribution is 2.36. The normalized spacial score (nSPS) is 26.5. The summed E-state index contributed by atoms with van der Waals surface area (Å²) in [7, 11) is 0. The number of halogens is 3. The Balaban J connectivity index is 0.00000133. The van der Waals surface area contributed by atoms with Crippen LogP contribution >= 0.6 is 24.0 Å². The predicted molar refractivity (Wildman–Crippen MR) is 78.0 cm³/mol. The topological polar surface area (TPSA) is 12.5 Å². The van der Waals surface area contributed by atoms with Crippen molar-refractivity contribution in [3.63, 3.8) is 0 Å². The average molecular weight is 306 g/mol. The minimum atomic E-state index is -0.228. The molecule has 2 aliphatic rings. The van der Waals surface area contributed by atoms with Crippen molar-refractivity contribution in [2.24, 2.45) is 0 Å². The Morgan fingerprint density at radius 1 is 1.26 bits per heavy atom. The number of morpholine rings is 1. The number of fused-ring (bicyclic) bond motifs is 1. The van der Waals surface area contributed by atoms with Gasteiger partial charge in [-0.3, -0.25) is 0 Å². The molecule has 1 saturated heterocycles. The molecule has 3 rings (SSSR count). The molecule has 2 nitrogen and oxygen atoms in total. The van der Waals surface area contributed by atoms with Gasteiger partial charge in [0.15, 0.2) is 0 Å². The van der Waals surface area contributed by atoms with Crippen LogP contribution in [0.1, 0.15) is 25.7 Å². The zero-order chi connectivity index (χ0) is 12.5. The van der Waals surface area contributed by atoms with Crippen molar-refractivity contribution in [2.45, 2.75) is 37.8 Å². The van der Waals surface area contributed by atoms with Gasteiger partial charge in [0.05, 0.1) is 29.5 Å². The number of ether oxygens (including phenoxy) is 1. The van der Waals surface area contributed by atoms with Gasteiger partial charge in [-0.15, -0.1) is 12.4 Å². The molecule has 2 fully saturated rings. The molecule has 2 unspecified atom stereocenters. The summed E-state index contributed by atoms with van der Waals surface area (Å²) in [6.07, 6.45) is 4.78. The molecule has 0 bridgehead atoms. The molecule has 5 heteroatoms. The van der Waals surface area contributed by atoms with Crippen LogP contribution in [0.15, 0.2) is 18.2 Å². The quantitative estimate of drug-likeness (QED) is 0.776. The second-order valence-corrected chi connectivity index (χ2v) is 5.43. The first-order valence-corrected chi connectivity index (χ1v) is 6.97. The molecule has 106 valence electrons. The van der Waals surface area contributed by atoms with Crippen molar-refractivity contribution in [2.75, 3.05) is 18.1 Å². The molecular weight excluding hydrogens is 288 g/mol. The Labute approximate surface area is 124 Å². The molecule has 1 heterocycles. The number of anilines is 1. The number of para-hydroxylation sites is 1. The van der Waals surface area contributed by atoms with E-state index in [0.717, 1.165) is 19.4 Å². The Hall–Kier alpha value is -0.510. The number of rotatable bonds is 1. The van der Waals surface area contributed by atoms with Gasteiger partial charge in [-0.1, -0.05) is 30.5 Å². The summed E-state index contributed by atoms with van der Waals surface area (Å²) in [5.41, 5.74) is 0.555. The molecule has 0 amide bonds. The Kier molecular flexibility index (Phi) is 4.93. The summed E-state index contributed by atoms with van der Waals surface area (Å²) in [5.74, 6) is -0.228. The highest BCUT2D eigenvalue weighted by molar-refractivity contribution is 6.33. The molecule has 0 spiro atoms. The van der Waals surface area contributed by atoms with Gasteiger partial charge < -0.3 is 9.64 Å². The standard InChI is InChI=1S/C14H17ClFNO.ClH/c15-10-4-3-5-11(16)14(10)17-8-9-18-13-7-2-1-6-12(13)17;/h3-5,12-13H,1-2,6-9H2;1H. The van der Waals surface area contributed by atoms with Crippen molar-refractivity contribution in [1.29, 1.82) is 0 Å². The molecule has 0 radical (unpaired) electrons. The van der Waals surface area contributed by atoms with E-state index in [0.29, 0.717) is 17.3 Å². The predicted octanol–water partition coefficient (Wildman–Crippen LogP) is 4.05. The maximum absolute atomic E-state index is 14.0. The fourth-order valence-electron chi connectivity index (χ4n) is 3.14. The summed E-state index contributed by atoms with van der Waals surface area (Å²) in [6.45, 7) is 1.38. The molecule has 1 aliphatic carbocycles. The van der Waals surface area contributed by atoms with Crippen molar-refractivity contribution >= 4 is 29.7 Å². The lowest BCUT2D eigenvalue weighted by Gasteiger charge is -2.45. The van der Waals surface area contributed by atoms with Crippen LogP contribution < -0.4 is 4.90 Å². The van der Waals surface area contributed by atoms with Crippen LogP contribution in [-0.2, 0) is 4.74 Å². The second-order valence-electron chi connectivity index (χ2n) is 5.02. The molecule has 1 aliphatic heterocycles. The van der Waals surface area contributed by atoms with Crippen LogP contribution in [0.2, 0.25) is 5.02 Å². The monoisotopic (exact) mass is 305 g/mol. The Morgan fingerprint density at radius 2 is 2.05 bits per heavy atom. The maximum atomic E-state index is 14.0. The van der Waals surface area contributed by atoms with E-state index in [1.165, 1.54) is 18.9 Å². The zero-order valence-corrected chi connectivity index (χ0v) is 12.2. The smallest absolute Gasteiger partial charge is 0.148 e. The van der Waals surface area contributed by atoms with E-state index in [2.05, 4.69) is 4.90 Å². The Bertz CT molecular complexity index is 421. The third kappa shape index (κ3) is 2.83. The first-order valence-electron chi connectivity index (χ1n) is 6.59. The largest absolute Gasteiger partial charge is 0.374 e. The van der Waals surface area contributed by atoms with E-state index < -0.39 is 0 Å². The summed E-state index contributed by atoms with van der Waals surface area (Å²) in [5, 5.41) is 0.501. The molecule has 19 heavy (non-hydrogen) atoms. The molecular formula is C14H18Cl2FNO. The van der Waals surface area contributed by atoms with Crippen LogP contribution in [0, 0.1) is 5.82 Å². The number of hydrogen-bond donors (Lipinski definition) is 0. The van der Waals surface area contributed by atoms with Crippen molar-refractivity contribution in [3.8, 4) is 0 Å². The van der Waals surface area contributed by atoms with Gasteiger partial charge in [0.25, 0.3) is 0 Å². The number of hydrogen-bond acceptors (Lipinski definition) is 2. The average Bonchev–Trinajstić information content (AvgIpc) is 2.39. The van der Waals surface area contributed by atoms with E-state index in [-0.39, 0.29) is 30.4 Å². The van der Waals surface area contributed by atoms with Gasteiger partial charge >= 0.3 is 0 Å². The van der Waals surface area contributed by atoms with Gasteiger partial charge in [-0.25, -0.2) is 4.39 Å². The van der Waals surface area contributed by atoms with Gasteiger partial charge in [-0.05, 0) is 25.0 Å². The van der Waals surface area contributed by atoms with Crippen molar-refractivity contribution in [3.05, 3.63) is 29.0 Å². The number of benzene rings is 1. The molecule has 0 N–H and O–H groups in total. The first-order chi connectivity index (χ1) is 8.77. The summed E-state index contributed by atoms with van der Waals surface area (Å²) in [4.78, 5) is 2.12. The van der Waals surface area contributed by atoms with Crippen LogP contribution in [0.5, 0.6) is 0 Å². The van der Waals surface area contributed by atoms with Gasteiger partial charge in [-0.2, -0.15) is 0 Å². The lowest BCUT2D eigenvalue weighted by molar-refractivity contribution is -0.00890. The van der Waals surface area contributed by atoms with Crippen molar-refractivity contribution < 1.29 is 9.13 Å². The SMILES string of the molecule is Cl.Fc1cccc(Cl)c1N1CCOC2CCCCC21. The van der Waals surface area contributed by atoms with E-state index in [1.54, 1.807) is 12.1 Å². The fourth-order valence-corrected chi connectivity index (χ4v) is 3.41. The molecule has 0 aromatic heterocycles. The molecule has 1 aromatic rings. The lowest BCUT2D eigenvalue weighted by atomic mass is 9.89. The van der Waals surface area contributed by atoms with Gasteiger partial charge in [0, 0.05) is 6.54 Å². The fraction of sp³-hybridized carbons (Fsp3) is 0.571. The van der Waals surface area contributed by atoms with Gasteiger partial charge in [0.2, 0.25) is 0 Å². The van der Waals surface area contributed by atoms with E-state index in [1.807, 2.05) is 0 Å². The van der Waals surface area contributed by atoms with Crippen LogP contribution in [0.3, 0.4) is 0 Å². The lowest BCUT2D eigenvalue weighted by Crippen LogP contribution is -2.53. The summed E-state index contributed by atoms with van der Waals surface area (Å²) >= 11 is 6.17. The van der Waals surface area contributed by atoms with E-state index >= 15 is 0 Å². The maximum Gasteiger partial charge on any atom is 0.148 e. The van der Waals surface area contributed by atoms with Crippen LogP contribution in [-0.4, -0.2) is 25.3 Å². The van der Waals surface area contributed by atoms with E-state index in [4.69, 9.17) is 16.3 Å². The minimum absolute atomic E-state index is 0. The zero-order valence-electron chi connectivity index (χ0n) is 10.6. The highest BCUT2D eigenvalue weighted by Gasteiger charge is 2.35. The summed E-state index contributed by atoms with van der Waals surface area (Å²) in [6, 6.07) is 5.17. The van der Waals surface area contributed by atoms with E-state index in [9.17, 15) is 4.39 Å². The molecule has 1 saturated carbocycles. The summed E-state index contributed by atoms with van der Waals surface area (Å²) < 4.78 is 19.8. The van der Waals surface area contributed by atoms with Crippen LogP contribution in [0.4, 0.5) is 10.1 Å². The molecule has 1 aromatic carbocycles. The third-order valence-electron chi connectivity index (χ3n) is 3.96. The minimum Gasteiger partial charge on any atom is -0.374 e. The Morgan fingerprint density at radius 3 is 2.84 bits per heavy atom. The number of nitrogens with zero attached hydrogens (tertiary/aromatic N) is 1. The molecule has 2 atom stereocenters. The van der Waals surface area contributed by atoms with Crippen LogP contribution in [0.25, 0.3) is 0 Å².